The Morgan fingerprint density at radius 3 is 2.56 bits per heavy atom. The van der Waals surface area contributed by atoms with E-state index in [1.807, 2.05) is 0 Å². The number of carbonyl (C=O) groups excluding carboxylic acids is 3. The second-order valence-electron chi connectivity index (χ2n) is 6.79. The number of carboxylic acids is 1. The molecular weight excluding hydrogens is 418 g/mol. The van der Waals surface area contributed by atoms with E-state index in [4.69, 9.17) is 9.52 Å². The monoisotopic (exact) mass is 435 g/mol. The van der Waals surface area contributed by atoms with Crippen LogP contribution in [0.5, 0.6) is 0 Å². The molecule has 0 aliphatic carbocycles. The van der Waals surface area contributed by atoms with Crippen molar-refractivity contribution >= 4 is 30.0 Å². The van der Waals surface area contributed by atoms with Gasteiger partial charge in [0.05, 0.1) is 19.2 Å². The highest BCUT2D eigenvalue weighted by molar-refractivity contribution is 6.13. The van der Waals surface area contributed by atoms with Crippen molar-refractivity contribution in [1.29, 1.82) is 0 Å². The zero-order chi connectivity index (χ0) is 22.8. The molecule has 1 aliphatic rings. The number of ether oxygens (including phenoxy) is 1. The van der Waals surface area contributed by atoms with Crippen molar-refractivity contribution in [1.82, 2.24) is 14.8 Å². The summed E-state index contributed by atoms with van der Waals surface area (Å²) in [6.07, 6.45) is 3.27. The molecule has 1 aromatic carbocycles. The van der Waals surface area contributed by atoms with Gasteiger partial charge in [-0.15, -0.1) is 0 Å². The summed E-state index contributed by atoms with van der Waals surface area (Å²) in [5.74, 6) is -2.03. The summed E-state index contributed by atoms with van der Waals surface area (Å²) in [5, 5.41) is 11.6. The van der Waals surface area contributed by atoms with Crippen LogP contribution in [0.1, 0.15) is 32.4 Å². The molecule has 32 heavy (non-hydrogen) atoms. The number of urea groups is 1. The van der Waals surface area contributed by atoms with Crippen molar-refractivity contribution in [3.05, 3.63) is 83.2 Å². The van der Waals surface area contributed by atoms with Crippen molar-refractivity contribution in [3.8, 4) is 5.69 Å². The number of rotatable bonds is 6. The van der Waals surface area contributed by atoms with Gasteiger partial charge in [0, 0.05) is 17.6 Å². The molecular formula is C22H17N3O7. The van der Waals surface area contributed by atoms with E-state index >= 15 is 0 Å². The molecule has 1 saturated heterocycles. The molecule has 162 valence electrons. The lowest BCUT2D eigenvalue weighted by atomic mass is 10.2. The highest BCUT2D eigenvalue weighted by atomic mass is 16.5. The van der Waals surface area contributed by atoms with E-state index in [2.05, 4.69) is 10.1 Å². The van der Waals surface area contributed by atoms with E-state index in [1.54, 1.807) is 35.0 Å². The minimum absolute atomic E-state index is 0.0305. The number of amides is 3. The van der Waals surface area contributed by atoms with Gasteiger partial charge in [0.15, 0.2) is 0 Å². The summed E-state index contributed by atoms with van der Waals surface area (Å²) in [4.78, 5) is 48.6. The van der Waals surface area contributed by atoms with Crippen LogP contribution in [0.25, 0.3) is 11.8 Å². The summed E-state index contributed by atoms with van der Waals surface area (Å²) < 4.78 is 11.6. The smallest absolute Gasteiger partial charge is 0.373 e. The molecule has 0 saturated carbocycles. The van der Waals surface area contributed by atoms with Crippen molar-refractivity contribution in [2.45, 2.75) is 6.54 Å². The summed E-state index contributed by atoms with van der Waals surface area (Å²) >= 11 is 0. The number of carbonyl (C=O) groups is 4. The lowest BCUT2D eigenvalue weighted by Crippen LogP contribution is -2.30. The predicted molar refractivity (Wildman–Crippen MR) is 110 cm³/mol. The number of esters is 1. The second-order valence-corrected chi connectivity index (χ2v) is 6.79. The fraction of sp³-hybridized carbons (Fsp3) is 0.0909. The molecule has 3 amide bonds. The molecule has 0 atom stereocenters. The van der Waals surface area contributed by atoms with Gasteiger partial charge in [0.2, 0.25) is 5.76 Å². The number of imide groups is 1. The van der Waals surface area contributed by atoms with E-state index in [-0.39, 0.29) is 29.3 Å². The standard InChI is InChI=1S/C22H17N3O7/c1-31-21(29)18-9-8-16(32-18)12-25-19(26)17(23-22(25)30)11-15-3-2-10-24(15)14-6-4-13(5-7-14)20(27)28/h2-11H,12H2,1H3,(H,23,30)(H,27,28). The van der Waals surface area contributed by atoms with E-state index in [9.17, 15) is 19.2 Å². The number of furan rings is 1. The van der Waals surface area contributed by atoms with Crippen molar-refractivity contribution in [3.63, 3.8) is 0 Å². The molecule has 1 fully saturated rings. The topological polar surface area (TPSA) is 131 Å². The van der Waals surface area contributed by atoms with Crippen LogP contribution in [-0.4, -0.2) is 45.6 Å². The molecule has 3 aromatic rings. The van der Waals surface area contributed by atoms with Gasteiger partial charge in [0.1, 0.15) is 11.5 Å². The van der Waals surface area contributed by atoms with Crippen LogP contribution in [-0.2, 0) is 16.1 Å². The van der Waals surface area contributed by atoms with Gasteiger partial charge < -0.3 is 24.1 Å². The first-order valence-electron chi connectivity index (χ1n) is 9.40. The fourth-order valence-corrected chi connectivity index (χ4v) is 3.20. The number of methoxy groups -OCH3 is 1. The third-order valence-corrected chi connectivity index (χ3v) is 4.79. The first-order valence-corrected chi connectivity index (χ1v) is 9.40. The molecule has 0 spiro atoms. The average molecular weight is 435 g/mol. The van der Waals surface area contributed by atoms with Gasteiger partial charge in [-0.3, -0.25) is 9.69 Å². The average Bonchev–Trinajstić information content (AvgIpc) is 3.50. The van der Waals surface area contributed by atoms with Crippen LogP contribution in [0.15, 0.2) is 64.8 Å². The Morgan fingerprint density at radius 1 is 1.12 bits per heavy atom. The van der Waals surface area contributed by atoms with Crippen LogP contribution in [0, 0.1) is 0 Å². The normalized spacial score (nSPS) is 14.7. The number of aromatic nitrogens is 1. The molecule has 2 aromatic heterocycles. The van der Waals surface area contributed by atoms with Gasteiger partial charge in [0.25, 0.3) is 5.91 Å². The summed E-state index contributed by atoms with van der Waals surface area (Å²) in [7, 11) is 1.22. The van der Waals surface area contributed by atoms with E-state index in [0.717, 1.165) is 4.90 Å². The maximum absolute atomic E-state index is 12.8. The Kier molecular flexibility index (Phi) is 5.34. The van der Waals surface area contributed by atoms with Crippen LogP contribution >= 0.6 is 0 Å². The minimum Gasteiger partial charge on any atom is -0.478 e. The third-order valence-electron chi connectivity index (χ3n) is 4.79. The lowest BCUT2D eigenvalue weighted by Gasteiger charge is -2.09. The molecule has 10 nitrogen and oxygen atoms in total. The lowest BCUT2D eigenvalue weighted by molar-refractivity contribution is -0.123. The number of nitrogens with one attached hydrogen (secondary N) is 1. The highest BCUT2D eigenvalue weighted by Crippen LogP contribution is 2.21. The van der Waals surface area contributed by atoms with Gasteiger partial charge in [-0.1, -0.05) is 0 Å². The molecule has 3 heterocycles. The first-order chi connectivity index (χ1) is 15.4. The van der Waals surface area contributed by atoms with Gasteiger partial charge in [-0.05, 0) is 54.6 Å². The maximum Gasteiger partial charge on any atom is 0.373 e. The SMILES string of the molecule is COC(=O)c1ccc(CN2C(=O)NC(=Cc3cccn3-c3ccc(C(=O)O)cc3)C2=O)o1. The predicted octanol–water partition coefficient (Wildman–Crippen LogP) is 2.65. The summed E-state index contributed by atoms with van der Waals surface area (Å²) in [5.41, 5.74) is 1.51. The second kappa shape index (κ2) is 8.26. The zero-order valence-electron chi connectivity index (χ0n) is 16.8. The number of hydrogen-bond donors (Lipinski definition) is 2. The van der Waals surface area contributed by atoms with Crippen LogP contribution in [0.4, 0.5) is 4.79 Å². The Morgan fingerprint density at radius 2 is 1.88 bits per heavy atom. The Balaban J connectivity index is 1.55. The number of hydrogen-bond acceptors (Lipinski definition) is 6. The minimum atomic E-state index is -1.03. The number of benzene rings is 1. The van der Waals surface area contributed by atoms with Crippen LogP contribution in [0.3, 0.4) is 0 Å². The first kappa shape index (κ1) is 20.7. The van der Waals surface area contributed by atoms with E-state index < -0.39 is 23.9 Å². The van der Waals surface area contributed by atoms with E-state index in [1.165, 1.54) is 37.5 Å². The zero-order valence-corrected chi connectivity index (χ0v) is 16.8. The Labute approximate surface area is 181 Å². The summed E-state index contributed by atoms with van der Waals surface area (Å²) in [6, 6.07) is 12.0. The number of aromatic carboxylic acids is 1. The van der Waals surface area contributed by atoms with Gasteiger partial charge in [-0.25, -0.2) is 14.4 Å². The molecule has 2 N–H and O–H groups in total. The van der Waals surface area contributed by atoms with Crippen LogP contribution < -0.4 is 5.32 Å². The molecule has 0 bridgehead atoms. The summed E-state index contributed by atoms with van der Waals surface area (Å²) in [6.45, 7) is -0.156. The Bertz CT molecular complexity index is 1250. The number of carboxylic acid groups (broad SMARTS) is 1. The number of nitrogens with zero attached hydrogens (tertiary/aromatic N) is 2. The van der Waals surface area contributed by atoms with Gasteiger partial charge >= 0.3 is 18.0 Å². The molecule has 1 aliphatic heterocycles. The third kappa shape index (κ3) is 3.88. The van der Waals surface area contributed by atoms with Gasteiger partial charge in [-0.2, -0.15) is 0 Å². The highest BCUT2D eigenvalue weighted by Gasteiger charge is 2.34. The largest absolute Gasteiger partial charge is 0.478 e. The quantitative estimate of drug-likeness (QED) is 0.346. The van der Waals surface area contributed by atoms with Crippen molar-refractivity contribution in [2.24, 2.45) is 0 Å². The Hall–Kier alpha value is -4.60. The van der Waals surface area contributed by atoms with Crippen LogP contribution in [0.2, 0.25) is 0 Å². The maximum atomic E-state index is 12.8. The molecule has 10 heteroatoms. The fourth-order valence-electron chi connectivity index (χ4n) is 3.20. The van der Waals surface area contributed by atoms with E-state index in [0.29, 0.717) is 11.4 Å². The molecule has 0 radical (unpaired) electrons. The van der Waals surface area contributed by atoms with Crippen molar-refractivity contribution < 1.29 is 33.4 Å². The van der Waals surface area contributed by atoms with Crippen molar-refractivity contribution in [2.75, 3.05) is 7.11 Å². The molecule has 0 unspecified atom stereocenters. The molecule has 4 rings (SSSR count).